The second-order valence-corrected chi connectivity index (χ2v) is 3.75. The molecule has 0 aliphatic carbocycles. The smallest absolute Gasteiger partial charge is 0.478 e. The van der Waals surface area contributed by atoms with Gasteiger partial charge in [0.05, 0.1) is 6.61 Å². The van der Waals surface area contributed by atoms with Crippen LogP contribution in [0, 0.1) is 0 Å². The van der Waals surface area contributed by atoms with Gasteiger partial charge in [0.25, 0.3) is 0 Å². The van der Waals surface area contributed by atoms with E-state index in [0.29, 0.717) is 23.5 Å². The molecule has 0 aliphatic heterocycles. The van der Waals surface area contributed by atoms with Gasteiger partial charge in [-0.05, 0) is 30.1 Å². The molecule has 0 radical (unpaired) electrons. The van der Waals surface area contributed by atoms with E-state index in [9.17, 15) is 10.0 Å². The lowest BCUT2D eigenvalue weighted by Gasteiger charge is -2.12. The molecule has 1 aromatic carbocycles. The third-order valence-electron chi connectivity index (χ3n) is 2.58. The summed E-state index contributed by atoms with van der Waals surface area (Å²) in [6, 6.07) is 10.7. The van der Waals surface area contributed by atoms with Crippen molar-refractivity contribution < 1.29 is 14.8 Å². The highest BCUT2D eigenvalue weighted by Gasteiger charge is 2.18. The van der Waals surface area contributed by atoms with Gasteiger partial charge in [0.2, 0.25) is 5.88 Å². The predicted octanol–water partition coefficient (Wildman–Crippen LogP) is 0.827. The highest BCUT2D eigenvalue weighted by molar-refractivity contribution is 6.60. The van der Waals surface area contributed by atoms with Gasteiger partial charge in [-0.15, -0.1) is 0 Å². The molecule has 2 aromatic rings. The van der Waals surface area contributed by atoms with E-state index in [2.05, 4.69) is 4.98 Å². The standard InChI is InChI=1S/C13H14BNO3/c1-2-18-13-11(7-5-9-15-13)10-6-3-4-8-12(10)14(16)17/h3-9,16-17H,2H2,1H3. The van der Waals surface area contributed by atoms with Crippen molar-refractivity contribution in [1.29, 1.82) is 0 Å². The molecule has 92 valence electrons. The number of pyridine rings is 1. The van der Waals surface area contributed by atoms with E-state index in [-0.39, 0.29) is 0 Å². The second-order valence-electron chi connectivity index (χ2n) is 3.75. The highest BCUT2D eigenvalue weighted by Crippen LogP contribution is 2.26. The molecule has 5 heteroatoms. The fraction of sp³-hybridized carbons (Fsp3) is 0.154. The first kappa shape index (κ1) is 12.6. The Morgan fingerprint density at radius 1 is 1.11 bits per heavy atom. The number of benzene rings is 1. The third-order valence-corrected chi connectivity index (χ3v) is 2.58. The quantitative estimate of drug-likeness (QED) is 0.780. The molecule has 1 aromatic heterocycles. The Balaban J connectivity index is 2.55. The summed E-state index contributed by atoms with van der Waals surface area (Å²) < 4.78 is 5.45. The van der Waals surface area contributed by atoms with Crippen LogP contribution in [0.2, 0.25) is 0 Å². The summed E-state index contributed by atoms with van der Waals surface area (Å²) in [5.74, 6) is 0.494. The van der Waals surface area contributed by atoms with E-state index in [1.165, 1.54) is 0 Å². The van der Waals surface area contributed by atoms with Crippen molar-refractivity contribution in [2.24, 2.45) is 0 Å². The zero-order chi connectivity index (χ0) is 13.0. The Morgan fingerprint density at radius 2 is 1.83 bits per heavy atom. The molecule has 0 aliphatic rings. The van der Waals surface area contributed by atoms with Crippen LogP contribution in [0.1, 0.15) is 6.92 Å². The Kier molecular flexibility index (Phi) is 3.97. The normalized spacial score (nSPS) is 10.2. The zero-order valence-electron chi connectivity index (χ0n) is 10.1. The third kappa shape index (κ3) is 2.52. The number of rotatable bonds is 4. The van der Waals surface area contributed by atoms with Crippen LogP contribution >= 0.6 is 0 Å². The number of nitrogens with zero attached hydrogens (tertiary/aromatic N) is 1. The number of aromatic nitrogens is 1. The van der Waals surface area contributed by atoms with Gasteiger partial charge in [-0.3, -0.25) is 0 Å². The Morgan fingerprint density at radius 3 is 2.56 bits per heavy atom. The maximum Gasteiger partial charge on any atom is 0.489 e. The molecular formula is C13H14BNO3. The second kappa shape index (κ2) is 5.66. The fourth-order valence-electron chi connectivity index (χ4n) is 1.81. The van der Waals surface area contributed by atoms with Gasteiger partial charge in [0.1, 0.15) is 0 Å². The van der Waals surface area contributed by atoms with Crippen molar-refractivity contribution in [2.45, 2.75) is 6.92 Å². The molecule has 0 amide bonds. The Labute approximate surface area is 106 Å². The molecule has 0 saturated heterocycles. The lowest BCUT2D eigenvalue weighted by atomic mass is 9.75. The molecule has 1 heterocycles. The van der Waals surface area contributed by atoms with Gasteiger partial charge in [-0.1, -0.05) is 24.3 Å². The lowest BCUT2D eigenvalue weighted by Crippen LogP contribution is -2.31. The summed E-state index contributed by atoms with van der Waals surface area (Å²) in [7, 11) is -1.52. The van der Waals surface area contributed by atoms with Gasteiger partial charge < -0.3 is 14.8 Å². The summed E-state index contributed by atoms with van der Waals surface area (Å²) in [5, 5.41) is 18.8. The monoisotopic (exact) mass is 243 g/mol. The average Bonchev–Trinajstić information content (AvgIpc) is 2.40. The summed E-state index contributed by atoms with van der Waals surface area (Å²) >= 11 is 0. The minimum Gasteiger partial charge on any atom is -0.478 e. The summed E-state index contributed by atoms with van der Waals surface area (Å²) in [6.07, 6.45) is 1.65. The van der Waals surface area contributed by atoms with Crippen LogP contribution in [-0.2, 0) is 0 Å². The Hall–Kier alpha value is -1.85. The number of hydrogen-bond acceptors (Lipinski definition) is 4. The SMILES string of the molecule is CCOc1ncccc1-c1ccccc1B(O)O. The summed E-state index contributed by atoms with van der Waals surface area (Å²) in [5.41, 5.74) is 1.90. The molecule has 4 nitrogen and oxygen atoms in total. The summed E-state index contributed by atoms with van der Waals surface area (Å²) in [4.78, 5) is 4.16. The van der Waals surface area contributed by atoms with Crippen LogP contribution in [0.25, 0.3) is 11.1 Å². The summed E-state index contributed by atoms with van der Waals surface area (Å²) in [6.45, 7) is 2.39. The minimum atomic E-state index is -1.52. The first-order chi connectivity index (χ1) is 8.74. The molecular weight excluding hydrogens is 229 g/mol. The van der Waals surface area contributed by atoms with Crippen LogP contribution in [0.5, 0.6) is 5.88 Å². The molecule has 0 fully saturated rings. The molecule has 0 spiro atoms. The molecule has 0 unspecified atom stereocenters. The van der Waals surface area contributed by atoms with E-state index in [1.54, 1.807) is 24.4 Å². The molecule has 2 rings (SSSR count). The van der Waals surface area contributed by atoms with Crippen LogP contribution in [0.3, 0.4) is 0 Å². The van der Waals surface area contributed by atoms with Crippen molar-refractivity contribution in [1.82, 2.24) is 4.98 Å². The molecule has 0 atom stereocenters. The first-order valence-corrected chi connectivity index (χ1v) is 5.77. The van der Waals surface area contributed by atoms with Crippen LogP contribution in [-0.4, -0.2) is 28.8 Å². The molecule has 0 bridgehead atoms. The van der Waals surface area contributed by atoms with E-state index in [0.717, 1.165) is 5.56 Å². The van der Waals surface area contributed by atoms with Gasteiger partial charge in [-0.25, -0.2) is 4.98 Å². The van der Waals surface area contributed by atoms with Gasteiger partial charge in [0, 0.05) is 11.8 Å². The van der Waals surface area contributed by atoms with Gasteiger partial charge >= 0.3 is 7.12 Å². The Bertz CT molecular complexity index is 531. The van der Waals surface area contributed by atoms with Crippen LogP contribution in [0.4, 0.5) is 0 Å². The average molecular weight is 243 g/mol. The van der Waals surface area contributed by atoms with Crippen molar-refractivity contribution >= 4 is 12.6 Å². The minimum absolute atomic E-state index is 0.437. The molecule has 2 N–H and O–H groups in total. The van der Waals surface area contributed by atoms with Crippen LogP contribution < -0.4 is 10.2 Å². The maximum absolute atomic E-state index is 9.38. The van der Waals surface area contributed by atoms with Gasteiger partial charge in [-0.2, -0.15) is 0 Å². The van der Waals surface area contributed by atoms with E-state index >= 15 is 0 Å². The largest absolute Gasteiger partial charge is 0.489 e. The van der Waals surface area contributed by atoms with Crippen molar-refractivity contribution in [3.8, 4) is 17.0 Å². The van der Waals surface area contributed by atoms with Gasteiger partial charge in [0.15, 0.2) is 0 Å². The van der Waals surface area contributed by atoms with E-state index in [4.69, 9.17) is 4.74 Å². The molecule has 0 saturated carbocycles. The molecule has 18 heavy (non-hydrogen) atoms. The van der Waals surface area contributed by atoms with Crippen molar-refractivity contribution in [3.05, 3.63) is 42.6 Å². The maximum atomic E-state index is 9.38. The lowest BCUT2D eigenvalue weighted by molar-refractivity contribution is 0.328. The highest BCUT2D eigenvalue weighted by atomic mass is 16.5. The van der Waals surface area contributed by atoms with E-state index < -0.39 is 7.12 Å². The number of ether oxygens (including phenoxy) is 1. The van der Waals surface area contributed by atoms with Crippen molar-refractivity contribution in [2.75, 3.05) is 6.61 Å². The first-order valence-electron chi connectivity index (χ1n) is 5.77. The van der Waals surface area contributed by atoms with E-state index in [1.807, 2.05) is 25.1 Å². The topological polar surface area (TPSA) is 62.6 Å². The number of hydrogen-bond donors (Lipinski definition) is 2. The van der Waals surface area contributed by atoms with Crippen LogP contribution in [0.15, 0.2) is 42.6 Å². The fourth-order valence-corrected chi connectivity index (χ4v) is 1.81. The van der Waals surface area contributed by atoms with Crippen molar-refractivity contribution in [3.63, 3.8) is 0 Å². The predicted molar refractivity (Wildman–Crippen MR) is 70.7 cm³/mol. The zero-order valence-corrected chi connectivity index (χ0v) is 10.1.